The maximum absolute atomic E-state index is 12.7. The number of aromatic nitrogens is 1. The molecule has 21 heavy (non-hydrogen) atoms. The Morgan fingerprint density at radius 2 is 1.86 bits per heavy atom. The van der Waals surface area contributed by atoms with E-state index < -0.39 is 0 Å². The van der Waals surface area contributed by atoms with E-state index in [1.807, 2.05) is 24.8 Å². The van der Waals surface area contributed by atoms with Crippen LogP contribution in [-0.2, 0) is 10.2 Å². The molecule has 1 aliphatic heterocycles. The maximum atomic E-state index is 12.7. The lowest BCUT2D eigenvalue weighted by atomic mass is 9.90. The van der Waals surface area contributed by atoms with E-state index in [1.54, 1.807) is 6.07 Å². The van der Waals surface area contributed by atoms with Crippen LogP contribution >= 0.6 is 0 Å². The van der Waals surface area contributed by atoms with Gasteiger partial charge in [0.05, 0.1) is 12.2 Å². The highest BCUT2D eigenvalue weighted by Gasteiger charge is 2.28. The van der Waals surface area contributed by atoms with Crippen molar-refractivity contribution in [3.63, 3.8) is 0 Å². The van der Waals surface area contributed by atoms with Crippen LogP contribution in [0, 0.1) is 0 Å². The average Bonchev–Trinajstić information content (AvgIpc) is 2.35. The molecule has 0 aromatic carbocycles. The summed E-state index contributed by atoms with van der Waals surface area (Å²) in [5.74, 6) is 0.386. The molecule has 2 rings (SSSR count). The number of anilines is 1. The van der Waals surface area contributed by atoms with Crippen molar-refractivity contribution in [1.29, 1.82) is 0 Å². The van der Waals surface area contributed by atoms with Crippen molar-refractivity contribution in [2.45, 2.75) is 52.2 Å². The topological polar surface area (TPSA) is 68.5 Å². The lowest BCUT2D eigenvalue weighted by molar-refractivity contribution is -0.0586. The van der Waals surface area contributed by atoms with Crippen LogP contribution in [0.5, 0.6) is 0 Å². The van der Waals surface area contributed by atoms with Gasteiger partial charge < -0.3 is 15.4 Å². The Labute approximate surface area is 126 Å². The predicted molar refractivity (Wildman–Crippen MR) is 83.3 cm³/mol. The monoisotopic (exact) mass is 291 g/mol. The number of carbonyl (C=O) groups excluding carboxylic acids is 1. The summed E-state index contributed by atoms with van der Waals surface area (Å²) in [5.41, 5.74) is 7.17. The molecule has 2 N–H and O–H groups in total. The Balaban J connectivity index is 2.29. The Morgan fingerprint density at radius 3 is 2.38 bits per heavy atom. The Hall–Kier alpha value is -1.62. The number of amides is 1. The number of nitrogens with two attached hydrogens (primary N) is 1. The van der Waals surface area contributed by atoms with Gasteiger partial charge in [0.2, 0.25) is 0 Å². The van der Waals surface area contributed by atoms with Gasteiger partial charge in [-0.1, -0.05) is 20.8 Å². The Kier molecular flexibility index (Phi) is 4.23. The smallest absolute Gasteiger partial charge is 0.254 e. The summed E-state index contributed by atoms with van der Waals surface area (Å²) >= 11 is 0. The lowest BCUT2D eigenvalue weighted by Crippen LogP contribution is -2.48. The molecule has 1 aromatic rings. The minimum absolute atomic E-state index is 0.00315. The van der Waals surface area contributed by atoms with E-state index in [0.29, 0.717) is 24.5 Å². The SMILES string of the molecule is CC1CN(C(=O)c2cc(N)nc(C(C)(C)C)c2)CC(C)O1. The molecule has 0 spiro atoms. The molecule has 5 heteroatoms. The molecule has 0 radical (unpaired) electrons. The molecule has 1 saturated heterocycles. The predicted octanol–water partition coefficient (Wildman–Crippen LogP) is 2.21. The van der Waals surface area contributed by atoms with Gasteiger partial charge in [-0.25, -0.2) is 4.98 Å². The van der Waals surface area contributed by atoms with E-state index in [1.165, 1.54) is 0 Å². The maximum Gasteiger partial charge on any atom is 0.254 e. The largest absolute Gasteiger partial charge is 0.384 e. The normalized spacial score (nSPS) is 23.2. The minimum atomic E-state index is -0.143. The Morgan fingerprint density at radius 1 is 1.29 bits per heavy atom. The van der Waals surface area contributed by atoms with Crippen LogP contribution in [0.2, 0.25) is 0 Å². The lowest BCUT2D eigenvalue weighted by Gasteiger charge is -2.35. The van der Waals surface area contributed by atoms with Gasteiger partial charge in [0.1, 0.15) is 5.82 Å². The zero-order chi connectivity index (χ0) is 15.8. The first-order chi connectivity index (χ1) is 9.66. The van der Waals surface area contributed by atoms with Crippen molar-refractivity contribution < 1.29 is 9.53 Å². The number of pyridine rings is 1. The molecule has 2 heterocycles. The third-order valence-electron chi connectivity index (χ3n) is 3.57. The number of carbonyl (C=O) groups is 1. The van der Waals surface area contributed by atoms with Gasteiger partial charge in [-0.2, -0.15) is 0 Å². The molecule has 2 atom stereocenters. The van der Waals surface area contributed by atoms with Crippen molar-refractivity contribution >= 4 is 11.7 Å². The van der Waals surface area contributed by atoms with Crippen LogP contribution < -0.4 is 5.73 Å². The second-order valence-electron chi connectivity index (χ2n) is 6.88. The number of rotatable bonds is 1. The summed E-state index contributed by atoms with van der Waals surface area (Å²) in [5, 5.41) is 0. The van der Waals surface area contributed by atoms with Crippen LogP contribution in [0.1, 0.15) is 50.7 Å². The molecule has 0 bridgehead atoms. The van der Waals surface area contributed by atoms with E-state index >= 15 is 0 Å². The Bertz CT molecular complexity index is 527. The first kappa shape index (κ1) is 15.8. The van der Waals surface area contributed by atoms with Crippen molar-refractivity contribution in [1.82, 2.24) is 9.88 Å². The fourth-order valence-corrected chi connectivity index (χ4v) is 2.59. The van der Waals surface area contributed by atoms with Crippen molar-refractivity contribution in [3.8, 4) is 0 Å². The minimum Gasteiger partial charge on any atom is -0.384 e. The second-order valence-corrected chi connectivity index (χ2v) is 6.88. The van der Waals surface area contributed by atoms with Crippen LogP contribution in [0.4, 0.5) is 5.82 Å². The molecule has 1 aromatic heterocycles. The summed E-state index contributed by atoms with van der Waals surface area (Å²) in [6.45, 7) is 11.4. The highest BCUT2D eigenvalue weighted by atomic mass is 16.5. The van der Waals surface area contributed by atoms with Crippen molar-refractivity contribution in [2.75, 3.05) is 18.8 Å². The number of hydrogen-bond donors (Lipinski definition) is 1. The molecule has 116 valence electrons. The first-order valence-corrected chi connectivity index (χ1v) is 7.39. The quantitative estimate of drug-likeness (QED) is 0.861. The molecule has 1 fully saturated rings. The number of nitrogen functional groups attached to an aromatic ring is 1. The van der Waals surface area contributed by atoms with E-state index in [-0.39, 0.29) is 23.5 Å². The van der Waals surface area contributed by atoms with Crippen LogP contribution in [0.25, 0.3) is 0 Å². The second kappa shape index (κ2) is 5.64. The summed E-state index contributed by atoms with van der Waals surface area (Å²) < 4.78 is 5.67. The van der Waals surface area contributed by atoms with Crippen LogP contribution in [-0.4, -0.2) is 41.1 Å². The van der Waals surface area contributed by atoms with E-state index in [0.717, 1.165) is 5.69 Å². The number of morpholine rings is 1. The van der Waals surface area contributed by atoms with Gasteiger partial charge in [-0.3, -0.25) is 4.79 Å². The van der Waals surface area contributed by atoms with Gasteiger partial charge in [-0.05, 0) is 26.0 Å². The number of ether oxygens (including phenoxy) is 1. The molecule has 0 saturated carbocycles. The van der Waals surface area contributed by atoms with Crippen molar-refractivity contribution in [3.05, 3.63) is 23.4 Å². The molecule has 0 aliphatic carbocycles. The summed E-state index contributed by atoms with van der Waals surface area (Å²) in [6.07, 6.45) is 0.109. The van der Waals surface area contributed by atoms with Gasteiger partial charge in [0.25, 0.3) is 5.91 Å². The third kappa shape index (κ3) is 3.73. The number of hydrogen-bond acceptors (Lipinski definition) is 4. The standard InChI is InChI=1S/C16H25N3O2/c1-10-8-19(9-11(2)21-10)15(20)12-6-13(16(3,4)5)18-14(17)7-12/h6-7,10-11H,8-9H2,1-5H3,(H2,17,18). The number of nitrogens with zero attached hydrogens (tertiary/aromatic N) is 2. The van der Waals surface area contributed by atoms with Gasteiger partial charge in [-0.15, -0.1) is 0 Å². The fraction of sp³-hybridized carbons (Fsp3) is 0.625. The molecular formula is C16H25N3O2. The highest BCUT2D eigenvalue weighted by molar-refractivity contribution is 5.95. The molecule has 5 nitrogen and oxygen atoms in total. The molecular weight excluding hydrogens is 266 g/mol. The summed E-state index contributed by atoms with van der Waals surface area (Å²) in [7, 11) is 0. The fourth-order valence-electron chi connectivity index (χ4n) is 2.59. The highest BCUT2D eigenvalue weighted by Crippen LogP contribution is 2.24. The summed E-state index contributed by atoms with van der Waals surface area (Å²) in [4.78, 5) is 18.9. The van der Waals surface area contributed by atoms with Crippen LogP contribution in [0.15, 0.2) is 12.1 Å². The molecule has 1 aliphatic rings. The molecule has 1 amide bonds. The van der Waals surface area contributed by atoms with Gasteiger partial charge >= 0.3 is 0 Å². The van der Waals surface area contributed by atoms with Gasteiger partial charge in [0, 0.05) is 29.8 Å². The van der Waals surface area contributed by atoms with E-state index in [4.69, 9.17) is 10.5 Å². The zero-order valence-electron chi connectivity index (χ0n) is 13.5. The van der Waals surface area contributed by atoms with E-state index in [9.17, 15) is 4.79 Å². The van der Waals surface area contributed by atoms with Gasteiger partial charge in [0.15, 0.2) is 0 Å². The summed E-state index contributed by atoms with van der Waals surface area (Å²) in [6, 6.07) is 3.51. The van der Waals surface area contributed by atoms with Crippen LogP contribution in [0.3, 0.4) is 0 Å². The zero-order valence-corrected chi connectivity index (χ0v) is 13.5. The average molecular weight is 291 g/mol. The third-order valence-corrected chi connectivity index (χ3v) is 3.57. The molecule has 2 unspecified atom stereocenters. The van der Waals surface area contributed by atoms with Crippen molar-refractivity contribution in [2.24, 2.45) is 0 Å². The first-order valence-electron chi connectivity index (χ1n) is 7.39. The van der Waals surface area contributed by atoms with E-state index in [2.05, 4.69) is 25.8 Å².